The number of methoxy groups -OCH3 is 1. The maximum atomic E-state index is 10.7. The van der Waals surface area contributed by atoms with Crippen LogP contribution in [0.2, 0.25) is 0 Å². The van der Waals surface area contributed by atoms with E-state index < -0.39 is 0 Å². The Balaban J connectivity index is 2.08. The van der Waals surface area contributed by atoms with Gasteiger partial charge in [-0.15, -0.1) is 0 Å². The third-order valence-electron chi connectivity index (χ3n) is 3.58. The van der Waals surface area contributed by atoms with E-state index >= 15 is 0 Å². The van der Waals surface area contributed by atoms with E-state index in [0.29, 0.717) is 0 Å². The summed E-state index contributed by atoms with van der Waals surface area (Å²) in [5.74, 6) is 0. The normalized spacial score (nSPS) is 42.9. The Hall–Kier alpha value is -0.410. The molecule has 0 N–H and O–H groups in total. The second-order valence-electron chi connectivity index (χ2n) is 4.37. The van der Waals surface area contributed by atoms with Gasteiger partial charge in [-0.2, -0.15) is 0 Å². The third-order valence-corrected chi connectivity index (χ3v) is 3.58. The largest absolute Gasteiger partial charge is 0.378 e. The number of hydrogen-bond donors (Lipinski definition) is 0. The predicted molar refractivity (Wildman–Crippen MR) is 52.2 cm³/mol. The van der Waals surface area contributed by atoms with E-state index in [1.54, 1.807) is 7.11 Å². The van der Waals surface area contributed by atoms with Crippen molar-refractivity contribution in [3.05, 3.63) is 0 Å². The molecule has 3 heteroatoms. The average molecular weight is 198 g/mol. The van der Waals surface area contributed by atoms with E-state index in [1.165, 1.54) is 12.8 Å². The highest BCUT2D eigenvalue weighted by atomic mass is 16.6. The summed E-state index contributed by atoms with van der Waals surface area (Å²) < 4.78 is 11.3. The highest BCUT2D eigenvalue weighted by molar-refractivity contribution is 5.56. The zero-order valence-corrected chi connectivity index (χ0v) is 8.70. The van der Waals surface area contributed by atoms with Gasteiger partial charge in [-0.1, -0.05) is 12.8 Å². The van der Waals surface area contributed by atoms with Gasteiger partial charge in [-0.05, 0) is 25.7 Å². The Morgan fingerprint density at radius 2 is 2.21 bits per heavy atom. The molecule has 14 heavy (non-hydrogen) atoms. The maximum Gasteiger partial charge on any atom is 0.148 e. The Labute approximate surface area is 84.8 Å². The minimum Gasteiger partial charge on any atom is -0.378 e. The van der Waals surface area contributed by atoms with Gasteiger partial charge in [0, 0.05) is 7.11 Å². The lowest BCUT2D eigenvalue weighted by Crippen LogP contribution is -2.46. The van der Waals surface area contributed by atoms with Crippen LogP contribution in [0.5, 0.6) is 0 Å². The smallest absolute Gasteiger partial charge is 0.148 e. The van der Waals surface area contributed by atoms with E-state index in [4.69, 9.17) is 9.47 Å². The number of ether oxygens (including phenoxy) is 2. The topological polar surface area (TPSA) is 35.5 Å². The molecule has 0 aromatic heterocycles. The average Bonchev–Trinajstić information content (AvgIpc) is 2.63. The van der Waals surface area contributed by atoms with Crippen LogP contribution in [0.25, 0.3) is 0 Å². The second kappa shape index (κ2) is 3.99. The van der Waals surface area contributed by atoms with Gasteiger partial charge in [0.25, 0.3) is 0 Å². The number of carbonyl (C=O) groups excluding carboxylic acids is 1. The van der Waals surface area contributed by atoms with Gasteiger partial charge in [-0.25, -0.2) is 0 Å². The van der Waals surface area contributed by atoms with Crippen molar-refractivity contribution in [3.63, 3.8) is 0 Å². The molecule has 3 nitrogen and oxygen atoms in total. The molecule has 1 aliphatic carbocycles. The molecular weight excluding hydrogens is 180 g/mol. The summed E-state index contributed by atoms with van der Waals surface area (Å²) in [6, 6.07) is 0. The quantitative estimate of drug-likeness (QED) is 0.633. The zero-order valence-electron chi connectivity index (χ0n) is 8.70. The summed E-state index contributed by atoms with van der Waals surface area (Å²) in [5.41, 5.74) is -0.140. The van der Waals surface area contributed by atoms with Gasteiger partial charge in [0.15, 0.2) is 0 Å². The highest BCUT2D eigenvalue weighted by Crippen LogP contribution is 2.42. The molecule has 2 rings (SSSR count). The first-order chi connectivity index (χ1) is 6.80. The monoisotopic (exact) mass is 198 g/mol. The van der Waals surface area contributed by atoms with Gasteiger partial charge in [0.1, 0.15) is 12.4 Å². The van der Waals surface area contributed by atoms with Crippen LogP contribution in [0.15, 0.2) is 0 Å². The van der Waals surface area contributed by atoms with E-state index in [0.717, 1.165) is 32.0 Å². The van der Waals surface area contributed by atoms with Crippen LogP contribution in [-0.2, 0) is 14.3 Å². The maximum absolute atomic E-state index is 10.7. The molecule has 1 saturated heterocycles. The van der Waals surface area contributed by atoms with Crippen LogP contribution in [0.3, 0.4) is 0 Å². The molecule has 1 aliphatic heterocycles. The molecular formula is C11H18O3. The van der Waals surface area contributed by atoms with Crippen molar-refractivity contribution in [2.45, 2.75) is 56.3 Å². The summed E-state index contributed by atoms with van der Waals surface area (Å²) >= 11 is 0. The minimum absolute atomic E-state index is 0.140. The predicted octanol–water partition coefficient (Wildman–Crippen LogP) is 1.69. The van der Waals surface area contributed by atoms with Crippen LogP contribution in [0, 0.1) is 0 Å². The first-order valence-electron chi connectivity index (χ1n) is 5.47. The summed E-state index contributed by atoms with van der Waals surface area (Å²) in [6.07, 6.45) is 7.32. The first kappa shape index (κ1) is 10.1. The zero-order chi connectivity index (χ0) is 10.0. The number of aldehydes is 1. The van der Waals surface area contributed by atoms with Crippen molar-refractivity contribution in [3.8, 4) is 0 Å². The van der Waals surface area contributed by atoms with Crippen molar-refractivity contribution < 1.29 is 14.3 Å². The summed E-state index contributed by atoms with van der Waals surface area (Å²) in [4.78, 5) is 10.7. The minimum atomic E-state index is -0.189. The molecule has 0 amide bonds. The number of carbonyl (C=O) groups is 1. The van der Waals surface area contributed by atoms with Gasteiger partial charge in [0.2, 0.25) is 0 Å². The van der Waals surface area contributed by atoms with Gasteiger partial charge < -0.3 is 14.3 Å². The Morgan fingerprint density at radius 1 is 1.36 bits per heavy atom. The van der Waals surface area contributed by atoms with Crippen molar-refractivity contribution in [2.24, 2.45) is 0 Å². The van der Waals surface area contributed by atoms with Crippen LogP contribution in [0.4, 0.5) is 0 Å². The van der Waals surface area contributed by atoms with Crippen molar-refractivity contribution in [1.82, 2.24) is 0 Å². The van der Waals surface area contributed by atoms with E-state index in [9.17, 15) is 4.79 Å². The standard InChI is InChI=1S/C11H18O3/c1-13-10-4-2-3-6-11(10)7-5-9(8-12)14-11/h8-10H,2-7H2,1H3. The fourth-order valence-corrected chi connectivity index (χ4v) is 2.83. The third kappa shape index (κ3) is 1.59. The van der Waals surface area contributed by atoms with E-state index in [-0.39, 0.29) is 17.8 Å². The fourth-order valence-electron chi connectivity index (χ4n) is 2.83. The Bertz CT molecular complexity index is 217. The molecule has 1 spiro atoms. The molecule has 0 aromatic rings. The lowest BCUT2D eigenvalue weighted by Gasteiger charge is -2.39. The lowest BCUT2D eigenvalue weighted by atomic mass is 9.80. The van der Waals surface area contributed by atoms with Gasteiger partial charge >= 0.3 is 0 Å². The van der Waals surface area contributed by atoms with Crippen LogP contribution < -0.4 is 0 Å². The van der Waals surface area contributed by atoms with Crippen molar-refractivity contribution >= 4 is 6.29 Å². The van der Waals surface area contributed by atoms with Crippen LogP contribution in [0.1, 0.15) is 38.5 Å². The highest BCUT2D eigenvalue weighted by Gasteiger charge is 2.47. The lowest BCUT2D eigenvalue weighted by molar-refractivity contribution is -0.153. The molecule has 3 unspecified atom stereocenters. The summed E-state index contributed by atoms with van der Waals surface area (Å²) in [5, 5.41) is 0. The molecule has 2 fully saturated rings. The Morgan fingerprint density at radius 3 is 2.86 bits per heavy atom. The summed E-state index contributed by atoms with van der Waals surface area (Å²) in [6.45, 7) is 0. The second-order valence-corrected chi connectivity index (χ2v) is 4.37. The Kier molecular flexibility index (Phi) is 2.88. The molecule has 80 valence electrons. The molecule has 1 saturated carbocycles. The molecule has 0 aromatic carbocycles. The molecule has 3 atom stereocenters. The molecule has 1 heterocycles. The van der Waals surface area contributed by atoms with Gasteiger partial charge in [-0.3, -0.25) is 0 Å². The molecule has 2 aliphatic rings. The van der Waals surface area contributed by atoms with E-state index in [2.05, 4.69) is 0 Å². The number of hydrogen-bond acceptors (Lipinski definition) is 3. The van der Waals surface area contributed by atoms with Crippen molar-refractivity contribution in [1.29, 1.82) is 0 Å². The fraction of sp³-hybridized carbons (Fsp3) is 0.909. The molecule has 0 radical (unpaired) electrons. The first-order valence-corrected chi connectivity index (χ1v) is 5.47. The number of rotatable bonds is 2. The van der Waals surface area contributed by atoms with E-state index in [1.807, 2.05) is 0 Å². The SMILES string of the molecule is COC1CCCCC12CCC(C=O)O2. The van der Waals surface area contributed by atoms with Gasteiger partial charge in [0.05, 0.1) is 11.7 Å². The summed E-state index contributed by atoms with van der Waals surface area (Å²) in [7, 11) is 1.75. The van der Waals surface area contributed by atoms with Crippen molar-refractivity contribution in [2.75, 3.05) is 7.11 Å². The molecule has 0 bridgehead atoms. The van der Waals surface area contributed by atoms with Crippen LogP contribution in [-0.4, -0.2) is 31.2 Å². The van der Waals surface area contributed by atoms with Crippen LogP contribution >= 0.6 is 0 Å².